The summed E-state index contributed by atoms with van der Waals surface area (Å²) in [4.78, 5) is 82.3. The lowest BCUT2D eigenvalue weighted by molar-refractivity contribution is -0.138. The van der Waals surface area contributed by atoms with Gasteiger partial charge in [0.1, 0.15) is 18.1 Å². The molecule has 5 heterocycles. The van der Waals surface area contributed by atoms with E-state index in [0.29, 0.717) is 42.6 Å². The molecule has 1 aliphatic carbocycles. The standard InChI is InChI=1S/C54H62ClF2N7O8/c1-32-45-42(28-40(56)48(55)47(45)46-39(50(58)67)14-15-41(71-2)49(46)57)72-54(32,37-8-4-3-5-9-37)31-59-38-12-10-35(11-13-38)51(68)62-24-18-34(19-25-62)27-33-16-22-61(23-17-33)44(66)30-63-21-6-7-36(52(63)69)29-64-26-20-43(65)60-53(64)70/h3-9,14-15,21,28,32-35,38,59H,10-13,16-20,22-27,29-31H2,1-2H3,(H2,58,67)(H,60,65,70)/t32-,35?,38?,54-/m0/s1. The van der Waals surface area contributed by atoms with Crippen LogP contribution in [0.3, 0.4) is 0 Å². The summed E-state index contributed by atoms with van der Waals surface area (Å²) in [7, 11) is 1.29. The molecular weight excluding hydrogens is 948 g/mol. The van der Waals surface area contributed by atoms with Crippen LogP contribution >= 0.6 is 11.6 Å². The van der Waals surface area contributed by atoms with E-state index < -0.39 is 35.1 Å². The highest BCUT2D eigenvalue weighted by atomic mass is 35.5. The van der Waals surface area contributed by atoms with Crippen LogP contribution in [-0.4, -0.2) is 101 Å². The Morgan fingerprint density at radius 1 is 0.875 bits per heavy atom. The number of imide groups is 1. The number of hydrogen-bond donors (Lipinski definition) is 3. The van der Waals surface area contributed by atoms with Crippen molar-refractivity contribution in [2.24, 2.45) is 23.5 Å². The fourth-order valence-corrected chi connectivity index (χ4v) is 12.0. The number of amides is 6. The maximum Gasteiger partial charge on any atom is 0.324 e. The van der Waals surface area contributed by atoms with Crippen molar-refractivity contribution in [2.75, 3.05) is 46.4 Å². The van der Waals surface area contributed by atoms with Crippen molar-refractivity contribution in [3.05, 3.63) is 116 Å². The van der Waals surface area contributed by atoms with E-state index in [1.807, 2.05) is 47.1 Å². The minimum Gasteiger partial charge on any atom is -0.494 e. The number of pyridine rings is 1. The predicted octanol–water partition coefficient (Wildman–Crippen LogP) is 7.10. The Morgan fingerprint density at radius 2 is 1.56 bits per heavy atom. The van der Waals surface area contributed by atoms with E-state index in [-0.39, 0.29) is 94.5 Å². The fraction of sp³-hybridized carbons (Fsp3) is 0.481. The number of nitrogens with zero attached hydrogens (tertiary/aromatic N) is 4. The third-order valence-corrected chi connectivity index (χ3v) is 16.3. The number of aromatic nitrogens is 1. The van der Waals surface area contributed by atoms with Gasteiger partial charge in [0.15, 0.2) is 17.2 Å². The molecule has 4 aromatic rings. The molecule has 1 saturated carbocycles. The average molecular weight is 1010 g/mol. The molecule has 6 amide bonds. The molecule has 0 unspecified atom stereocenters. The number of piperidine rings is 2. The zero-order valence-electron chi connectivity index (χ0n) is 40.7. The maximum atomic E-state index is 16.2. The van der Waals surface area contributed by atoms with Gasteiger partial charge in [-0.15, -0.1) is 0 Å². The summed E-state index contributed by atoms with van der Waals surface area (Å²) in [5.74, 6) is -2.46. The second-order valence-electron chi connectivity index (χ2n) is 20.2. The van der Waals surface area contributed by atoms with Crippen molar-refractivity contribution in [3.63, 3.8) is 0 Å². The number of carbonyl (C=O) groups is 5. The van der Waals surface area contributed by atoms with Gasteiger partial charge >= 0.3 is 6.03 Å². The number of nitrogens with one attached hydrogen (secondary N) is 2. The number of fused-ring (bicyclic) bond motifs is 1. The van der Waals surface area contributed by atoms with Gasteiger partial charge in [0.25, 0.3) is 5.56 Å². The third-order valence-electron chi connectivity index (χ3n) is 15.9. The number of carbonyl (C=O) groups excluding carboxylic acids is 5. The van der Waals surface area contributed by atoms with E-state index in [4.69, 9.17) is 26.8 Å². The summed E-state index contributed by atoms with van der Waals surface area (Å²) in [5, 5.41) is 5.64. The quantitative estimate of drug-likeness (QED) is 0.119. The molecule has 0 spiro atoms. The van der Waals surface area contributed by atoms with Crippen LogP contribution in [0.15, 0.2) is 71.7 Å². The van der Waals surface area contributed by atoms with E-state index in [1.54, 1.807) is 18.3 Å². The summed E-state index contributed by atoms with van der Waals surface area (Å²) >= 11 is 6.69. The van der Waals surface area contributed by atoms with Crippen LogP contribution in [0, 0.1) is 29.4 Å². The van der Waals surface area contributed by atoms with Crippen molar-refractivity contribution in [3.8, 4) is 22.6 Å². The lowest BCUT2D eigenvalue weighted by Crippen LogP contribution is -2.49. The molecule has 2 atom stereocenters. The van der Waals surface area contributed by atoms with Gasteiger partial charge in [0, 0.05) is 98.1 Å². The number of rotatable bonds is 14. The van der Waals surface area contributed by atoms with Gasteiger partial charge in [-0.05, 0) is 93.4 Å². The first kappa shape index (κ1) is 50.6. The zero-order chi connectivity index (χ0) is 50.8. The number of ether oxygens (including phenoxy) is 2. The molecule has 4 fully saturated rings. The highest BCUT2D eigenvalue weighted by Crippen LogP contribution is 2.56. The van der Waals surface area contributed by atoms with Crippen molar-refractivity contribution in [1.82, 2.24) is 29.9 Å². The predicted molar refractivity (Wildman–Crippen MR) is 265 cm³/mol. The van der Waals surface area contributed by atoms with E-state index in [9.17, 15) is 28.8 Å². The maximum absolute atomic E-state index is 16.2. The monoisotopic (exact) mass is 1010 g/mol. The van der Waals surface area contributed by atoms with Gasteiger partial charge in [-0.2, -0.15) is 0 Å². The summed E-state index contributed by atoms with van der Waals surface area (Å²) < 4.78 is 45.4. The second-order valence-corrected chi connectivity index (χ2v) is 20.5. The normalized spacial score (nSPS) is 22.8. The van der Waals surface area contributed by atoms with Crippen molar-refractivity contribution < 1.29 is 42.2 Å². The molecule has 0 bridgehead atoms. The second kappa shape index (κ2) is 21.4. The number of primary amides is 1. The number of methoxy groups -OCH3 is 1. The highest BCUT2D eigenvalue weighted by Gasteiger charge is 2.50. The Bertz CT molecular complexity index is 2790. The Hall–Kier alpha value is -6.33. The number of halogens is 3. The lowest BCUT2D eigenvalue weighted by atomic mass is 9.77. The lowest BCUT2D eigenvalue weighted by Gasteiger charge is -2.39. The molecule has 15 nitrogen and oxygen atoms in total. The van der Waals surface area contributed by atoms with Gasteiger partial charge in [0.05, 0.1) is 24.2 Å². The first-order valence-electron chi connectivity index (χ1n) is 25.2. The minimum absolute atomic E-state index is 0.0130. The van der Waals surface area contributed by atoms with Crippen LogP contribution in [-0.2, 0) is 33.1 Å². The van der Waals surface area contributed by atoms with Crippen molar-refractivity contribution in [2.45, 2.75) is 102 Å². The van der Waals surface area contributed by atoms with Crippen molar-refractivity contribution >= 4 is 41.3 Å². The Balaban J connectivity index is 0.756. The molecule has 3 aromatic carbocycles. The van der Waals surface area contributed by atoms with Gasteiger partial charge < -0.3 is 39.8 Å². The molecule has 72 heavy (non-hydrogen) atoms. The molecule has 0 radical (unpaired) electrons. The Labute approximate surface area is 422 Å². The molecule has 1 aromatic heterocycles. The summed E-state index contributed by atoms with van der Waals surface area (Å²) in [6.45, 7) is 5.16. The number of benzene rings is 3. The number of urea groups is 1. The molecule has 9 rings (SSSR count). The zero-order valence-corrected chi connectivity index (χ0v) is 41.5. The molecule has 4 aliphatic heterocycles. The highest BCUT2D eigenvalue weighted by molar-refractivity contribution is 6.34. The smallest absolute Gasteiger partial charge is 0.324 e. The number of nitrogens with two attached hydrogens (primary N) is 1. The van der Waals surface area contributed by atoms with Crippen LogP contribution < -0.4 is 31.4 Å². The van der Waals surface area contributed by atoms with Gasteiger partial charge in [0.2, 0.25) is 23.6 Å². The van der Waals surface area contributed by atoms with Crippen LogP contribution in [0.2, 0.25) is 5.02 Å². The Morgan fingerprint density at radius 3 is 2.21 bits per heavy atom. The molecule has 5 aliphatic rings. The van der Waals surface area contributed by atoms with Crippen LogP contribution in [0.4, 0.5) is 13.6 Å². The Kier molecular flexibility index (Phi) is 15.0. The van der Waals surface area contributed by atoms with E-state index in [0.717, 1.165) is 76.4 Å². The largest absolute Gasteiger partial charge is 0.494 e. The van der Waals surface area contributed by atoms with Gasteiger partial charge in [-0.25, -0.2) is 13.6 Å². The number of likely N-dealkylation sites (tertiary alicyclic amines) is 2. The summed E-state index contributed by atoms with van der Waals surface area (Å²) in [5.41, 5.74) is 5.52. The number of hydrogen-bond acceptors (Lipinski definition) is 9. The van der Waals surface area contributed by atoms with Crippen LogP contribution in [0.1, 0.15) is 104 Å². The third kappa shape index (κ3) is 10.2. The van der Waals surface area contributed by atoms with E-state index in [2.05, 4.69) is 10.6 Å². The molecular formula is C54H62ClF2N7O8. The molecule has 382 valence electrons. The summed E-state index contributed by atoms with van der Waals surface area (Å²) in [6, 6.07) is 16.3. The van der Waals surface area contributed by atoms with Crippen LogP contribution in [0.25, 0.3) is 11.1 Å². The minimum atomic E-state index is -1.08. The van der Waals surface area contributed by atoms with Gasteiger partial charge in [-0.3, -0.25) is 29.3 Å². The first-order valence-corrected chi connectivity index (χ1v) is 25.5. The molecule has 18 heteroatoms. The fourth-order valence-electron chi connectivity index (χ4n) is 11.8. The SMILES string of the molecule is COc1ccc(C(N)=O)c(-c2c(Cl)c(F)cc3c2[C@H](C)[C@@](CNC2CCC(C(=O)N4CCC(CC5CCN(C(=O)Cn6cccc(CN7CCC(=O)NC7=O)c6=O)CC5)CC4)CC2)(c2ccccc2)O3)c1F. The first-order chi connectivity index (χ1) is 34.6. The average Bonchev–Trinajstić information content (AvgIpc) is 3.66. The van der Waals surface area contributed by atoms with Crippen molar-refractivity contribution in [1.29, 1.82) is 0 Å². The topological polar surface area (TPSA) is 186 Å². The van der Waals surface area contributed by atoms with Crippen LogP contribution in [0.5, 0.6) is 11.5 Å². The van der Waals surface area contributed by atoms with Gasteiger partial charge in [-0.1, -0.05) is 54.9 Å². The molecule has 4 N–H and O–H groups in total. The van der Waals surface area contributed by atoms with E-state index >= 15 is 8.78 Å². The molecule has 3 saturated heterocycles. The summed E-state index contributed by atoms with van der Waals surface area (Å²) in [6.07, 6.45) is 9.51. The van der Waals surface area contributed by atoms with E-state index in [1.165, 1.54) is 34.8 Å².